The molecule has 1 unspecified atom stereocenters. The van der Waals surface area contributed by atoms with E-state index in [0.29, 0.717) is 0 Å². The summed E-state index contributed by atoms with van der Waals surface area (Å²) in [5.74, 6) is 0.875. The van der Waals surface area contributed by atoms with Gasteiger partial charge in [0.1, 0.15) is 5.75 Å². The molecule has 0 saturated carbocycles. The average Bonchev–Trinajstić information content (AvgIpc) is 2.73. The Labute approximate surface area is 140 Å². The van der Waals surface area contributed by atoms with Crippen molar-refractivity contribution in [3.63, 3.8) is 0 Å². The van der Waals surface area contributed by atoms with E-state index in [1.54, 1.807) is 18.4 Å². The lowest BCUT2D eigenvalue weighted by Crippen LogP contribution is -2.14. The maximum Gasteiger partial charge on any atom is 0.127 e. The maximum atomic E-state index is 6.50. The summed E-state index contributed by atoms with van der Waals surface area (Å²) >= 11 is 8.84. The van der Waals surface area contributed by atoms with Crippen LogP contribution in [0.1, 0.15) is 33.2 Å². The van der Waals surface area contributed by atoms with Crippen LogP contribution in [0.15, 0.2) is 20.4 Å². The number of rotatable bonds is 3. The molecule has 5 heteroatoms. The second-order valence-electron chi connectivity index (χ2n) is 4.83. The fraction of sp³-hybridized carbons (Fsp3) is 0.333. The molecular weight excluding hydrogens is 402 g/mol. The first-order valence-electron chi connectivity index (χ1n) is 6.21. The zero-order valence-corrected chi connectivity index (χ0v) is 15.9. The molecule has 0 spiro atoms. The highest BCUT2D eigenvalue weighted by Crippen LogP contribution is 2.41. The normalized spacial score (nSPS) is 12.6. The highest BCUT2D eigenvalue weighted by Gasteiger charge is 2.22. The van der Waals surface area contributed by atoms with Gasteiger partial charge in [-0.2, -0.15) is 0 Å². The molecule has 108 valence electrons. The van der Waals surface area contributed by atoms with Gasteiger partial charge in [0.2, 0.25) is 0 Å². The summed E-state index contributed by atoms with van der Waals surface area (Å²) in [7, 11) is 1.70. The lowest BCUT2D eigenvalue weighted by Gasteiger charge is -2.20. The van der Waals surface area contributed by atoms with Gasteiger partial charge >= 0.3 is 0 Å². The van der Waals surface area contributed by atoms with Crippen LogP contribution >= 0.6 is 43.2 Å². The third-order valence-corrected chi connectivity index (χ3v) is 6.45. The molecule has 2 N–H and O–H groups in total. The minimum Gasteiger partial charge on any atom is -0.496 e. The lowest BCUT2D eigenvalue weighted by molar-refractivity contribution is 0.404. The number of benzene rings is 1. The molecule has 20 heavy (non-hydrogen) atoms. The minimum absolute atomic E-state index is 0.184. The molecule has 2 aromatic rings. The zero-order valence-electron chi connectivity index (χ0n) is 11.9. The Balaban J connectivity index is 2.61. The number of ether oxygens (including phenoxy) is 1. The molecule has 0 fully saturated rings. The van der Waals surface area contributed by atoms with Crippen molar-refractivity contribution in [1.29, 1.82) is 0 Å². The number of thiophene rings is 1. The molecule has 0 aliphatic carbocycles. The summed E-state index contributed by atoms with van der Waals surface area (Å²) in [5.41, 5.74) is 11.0. The molecule has 1 aromatic heterocycles. The first-order chi connectivity index (χ1) is 9.36. The zero-order chi connectivity index (χ0) is 15.0. The predicted molar refractivity (Wildman–Crippen MR) is 93.0 cm³/mol. The molecule has 1 aromatic carbocycles. The van der Waals surface area contributed by atoms with E-state index in [1.165, 1.54) is 5.56 Å². The number of halogens is 2. The molecule has 2 rings (SSSR count). The van der Waals surface area contributed by atoms with E-state index in [4.69, 9.17) is 10.5 Å². The molecule has 1 atom stereocenters. The molecule has 1 heterocycles. The fourth-order valence-corrected chi connectivity index (χ4v) is 4.44. The average molecular weight is 419 g/mol. The van der Waals surface area contributed by atoms with Crippen LogP contribution < -0.4 is 10.5 Å². The summed E-state index contributed by atoms with van der Waals surface area (Å²) in [4.78, 5) is 1.13. The van der Waals surface area contributed by atoms with Crippen molar-refractivity contribution in [3.8, 4) is 5.75 Å². The van der Waals surface area contributed by atoms with Gasteiger partial charge in [0, 0.05) is 14.9 Å². The fourth-order valence-electron chi connectivity index (χ4n) is 2.30. The van der Waals surface area contributed by atoms with E-state index in [0.717, 1.165) is 35.6 Å². The van der Waals surface area contributed by atoms with Crippen LogP contribution in [-0.4, -0.2) is 7.11 Å². The largest absolute Gasteiger partial charge is 0.496 e. The van der Waals surface area contributed by atoms with Crippen LogP contribution in [0.3, 0.4) is 0 Å². The molecule has 0 saturated heterocycles. The lowest BCUT2D eigenvalue weighted by atomic mass is 9.96. The van der Waals surface area contributed by atoms with Crippen molar-refractivity contribution in [1.82, 2.24) is 0 Å². The Hall–Kier alpha value is -0.360. The van der Waals surface area contributed by atoms with Gasteiger partial charge < -0.3 is 10.5 Å². The second-order valence-corrected chi connectivity index (χ2v) is 8.09. The third kappa shape index (κ3) is 2.82. The van der Waals surface area contributed by atoms with Crippen molar-refractivity contribution in [2.75, 3.05) is 7.11 Å². The standard InChI is InChI=1S/C15H17Br2NOS/c1-7-5-10(16)9(3)12(14(7)19-4)13(18)11-6-8(2)15(17)20-11/h5-6,13H,18H2,1-4H3. The molecular formula is C15H17Br2NOS. The third-order valence-electron chi connectivity index (χ3n) is 3.41. The Morgan fingerprint density at radius 1 is 1.15 bits per heavy atom. The Morgan fingerprint density at radius 3 is 2.30 bits per heavy atom. The Kier molecular flexibility index (Phi) is 4.95. The van der Waals surface area contributed by atoms with E-state index in [-0.39, 0.29) is 6.04 Å². The number of hydrogen-bond donors (Lipinski definition) is 1. The van der Waals surface area contributed by atoms with Crippen LogP contribution in [0.4, 0.5) is 0 Å². The van der Waals surface area contributed by atoms with E-state index < -0.39 is 0 Å². The van der Waals surface area contributed by atoms with Crippen molar-refractivity contribution in [3.05, 3.63) is 47.5 Å². The number of aryl methyl sites for hydroxylation is 2. The summed E-state index contributed by atoms with van der Waals surface area (Å²) in [6, 6.07) is 4.02. The first-order valence-corrected chi connectivity index (χ1v) is 8.62. The van der Waals surface area contributed by atoms with Crippen molar-refractivity contribution >= 4 is 43.2 Å². The molecule has 0 radical (unpaired) electrons. The van der Waals surface area contributed by atoms with Crippen molar-refractivity contribution in [2.45, 2.75) is 26.8 Å². The highest BCUT2D eigenvalue weighted by molar-refractivity contribution is 9.11. The molecule has 0 aliphatic heterocycles. The van der Waals surface area contributed by atoms with Gasteiger partial charge in [-0.15, -0.1) is 11.3 Å². The van der Waals surface area contributed by atoms with Gasteiger partial charge in [0.25, 0.3) is 0 Å². The summed E-state index contributed by atoms with van der Waals surface area (Å²) in [5, 5.41) is 0. The van der Waals surface area contributed by atoms with Crippen LogP contribution in [0.2, 0.25) is 0 Å². The van der Waals surface area contributed by atoms with Gasteiger partial charge in [-0.3, -0.25) is 0 Å². The van der Waals surface area contributed by atoms with E-state index in [9.17, 15) is 0 Å². The topological polar surface area (TPSA) is 35.2 Å². The van der Waals surface area contributed by atoms with Gasteiger partial charge in [0.05, 0.1) is 16.9 Å². The van der Waals surface area contributed by atoms with Crippen molar-refractivity contribution in [2.24, 2.45) is 5.73 Å². The van der Waals surface area contributed by atoms with Crippen LogP contribution in [0.25, 0.3) is 0 Å². The van der Waals surface area contributed by atoms with Gasteiger partial charge in [-0.25, -0.2) is 0 Å². The van der Waals surface area contributed by atoms with E-state index in [2.05, 4.69) is 57.8 Å². The minimum atomic E-state index is -0.184. The Bertz CT molecular complexity index is 632. The molecule has 0 bridgehead atoms. The maximum absolute atomic E-state index is 6.50. The van der Waals surface area contributed by atoms with E-state index in [1.807, 2.05) is 6.92 Å². The van der Waals surface area contributed by atoms with Crippen LogP contribution in [-0.2, 0) is 0 Å². The number of methoxy groups -OCH3 is 1. The van der Waals surface area contributed by atoms with Gasteiger partial charge in [0.15, 0.2) is 0 Å². The first kappa shape index (κ1) is 16.0. The second kappa shape index (κ2) is 6.18. The van der Waals surface area contributed by atoms with Crippen LogP contribution in [0.5, 0.6) is 5.75 Å². The Morgan fingerprint density at radius 2 is 1.80 bits per heavy atom. The van der Waals surface area contributed by atoms with Gasteiger partial charge in [-0.1, -0.05) is 15.9 Å². The SMILES string of the molecule is COc1c(C)cc(Br)c(C)c1C(N)c1cc(C)c(Br)s1. The summed E-state index contributed by atoms with van der Waals surface area (Å²) < 4.78 is 7.78. The highest BCUT2D eigenvalue weighted by atomic mass is 79.9. The van der Waals surface area contributed by atoms with Crippen molar-refractivity contribution < 1.29 is 4.74 Å². The number of nitrogens with two attached hydrogens (primary N) is 1. The van der Waals surface area contributed by atoms with Crippen LogP contribution in [0, 0.1) is 20.8 Å². The number of hydrogen-bond acceptors (Lipinski definition) is 3. The summed E-state index contributed by atoms with van der Waals surface area (Å²) in [6.07, 6.45) is 0. The smallest absolute Gasteiger partial charge is 0.127 e. The molecule has 0 aliphatic rings. The van der Waals surface area contributed by atoms with E-state index >= 15 is 0 Å². The predicted octanol–water partition coefficient (Wildman–Crippen LogP) is 5.26. The molecule has 2 nitrogen and oxygen atoms in total. The quantitative estimate of drug-likeness (QED) is 0.738. The molecule has 0 amide bonds. The monoisotopic (exact) mass is 417 g/mol. The summed E-state index contributed by atoms with van der Waals surface area (Å²) in [6.45, 7) is 6.18. The van der Waals surface area contributed by atoms with Gasteiger partial charge in [-0.05, 0) is 65.5 Å².